The third-order valence-corrected chi connectivity index (χ3v) is 5.17. The second-order valence-corrected chi connectivity index (χ2v) is 7.74. The summed E-state index contributed by atoms with van der Waals surface area (Å²) in [4.78, 5) is 12.9. The van der Waals surface area contributed by atoms with E-state index in [-0.39, 0.29) is 0 Å². The highest BCUT2D eigenvalue weighted by molar-refractivity contribution is 7.92. The van der Waals surface area contributed by atoms with Gasteiger partial charge in [0.05, 0.1) is 26.2 Å². The van der Waals surface area contributed by atoms with Gasteiger partial charge in [0.25, 0.3) is 0 Å². The molecule has 0 unspecified atom stereocenters. The third-order valence-electron chi connectivity index (χ3n) is 3.99. The summed E-state index contributed by atoms with van der Waals surface area (Å²) in [5, 5.41) is 2.76. The number of para-hydroxylation sites is 1. The Morgan fingerprint density at radius 3 is 2.22 bits per heavy atom. The van der Waals surface area contributed by atoms with Crippen LogP contribution in [0.3, 0.4) is 0 Å². The first-order valence-electron chi connectivity index (χ1n) is 8.39. The summed E-state index contributed by atoms with van der Waals surface area (Å²) in [5.74, 6) is 0.565. The SMILES string of the molecule is CC[C@H](C(=O)Nc1ccc(OC)c(OC)c1)N(c1ccccc1)S(C)(=O)=O. The standard InChI is InChI=1S/C19H24N2O5S/c1-5-16(21(27(4,23)24)15-9-7-6-8-10-15)19(22)20-14-11-12-17(25-2)18(13-14)26-3/h6-13,16H,5H2,1-4H3,(H,20,22)/t16-/m1/s1. The van der Waals surface area contributed by atoms with Crippen molar-refractivity contribution in [3.05, 3.63) is 48.5 Å². The molecule has 8 heteroatoms. The lowest BCUT2D eigenvalue weighted by Gasteiger charge is -2.30. The van der Waals surface area contributed by atoms with Crippen LogP contribution in [-0.4, -0.2) is 40.8 Å². The normalized spacial score (nSPS) is 12.1. The molecule has 0 aromatic heterocycles. The summed E-state index contributed by atoms with van der Waals surface area (Å²) in [7, 11) is -0.642. The van der Waals surface area contributed by atoms with Crippen LogP contribution in [-0.2, 0) is 14.8 Å². The molecular weight excluding hydrogens is 368 g/mol. The van der Waals surface area contributed by atoms with Crippen LogP contribution in [0.25, 0.3) is 0 Å². The van der Waals surface area contributed by atoms with Crippen molar-refractivity contribution in [2.75, 3.05) is 30.1 Å². The van der Waals surface area contributed by atoms with Gasteiger partial charge < -0.3 is 14.8 Å². The first-order chi connectivity index (χ1) is 12.8. The number of benzene rings is 2. The summed E-state index contributed by atoms with van der Waals surface area (Å²) in [6, 6.07) is 12.6. The van der Waals surface area contributed by atoms with Crippen molar-refractivity contribution in [3.8, 4) is 11.5 Å². The molecule has 0 saturated heterocycles. The zero-order valence-electron chi connectivity index (χ0n) is 15.8. The molecular formula is C19H24N2O5S. The fourth-order valence-electron chi connectivity index (χ4n) is 2.77. The van der Waals surface area contributed by atoms with Gasteiger partial charge in [-0.3, -0.25) is 9.10 Å². The molecule has 2 aromatic rings. The molecule has 1 amide bonds. The smallest absolute Gasteiger partial charge is 0.248 e. The van der Waals surface area contributed by atoms with E-state index in [9.17, 15) is 13.2 Å². The molecule has 0 radical (unpaired) electrons. The van der Waals surface area contributed by atoms with Crippen LogP contribution >= 0.6 is 0 Å². The Bertz CT molecular complexity index is 884. The number of anilines is 2. The maximum absolute atomic E-state index is 12.9. The van der Waals surface area contributed by atoms with E-state index in [1.165, 1.54) is 14.2 Å². The molecule has 0 fully saturated rings. The topological polar surface area (TPSA) is 84.9 Å². The van der Waals surface area contributed by atoms with Crippen molar-refractivity contribution < 1.29 is 22.7 Å². The van der Waals surface area contributed by atoms with Gasteiger partial charge in [-0.2, -0.15) is 0 Å². The Hall–Kier alpha value is -2.74. The van der Waals surface area contributed by atoms with E-state index >= 15 is 0 Å². The molecule has 0 aliphatic rings. The predicted octanol–water partition coefficient (Wildman–Crippen LogP) is 2.89. The van der Waals surface area contributed by atoms with Crippen LogP contribution in [0.5, 0.6) is 11.5 Å². The number of hydrogen-bond donors (Lipinski definition) is 1. The van der Waals surface area contributed by atoms with Crippen molar-refractivity contribution in [2.24, 2.45) is 0 Å². The lowest BCUT2D eigenvalue weighted by atomic mass is 10.1. The molecule has 2 rings (SSSR count). The molecule has 146 valence electrons. The lowest BCUT2D eigenvalue weighted by Crippen LogP contribution is -2.46. The minimum atomic E-state index is -3.66. The molecule has 0 saturated carbocycles. The number of nitrogens with one attached hydrogen (secondary N) is 1. The molecule has 0 aliphatic heterocycles. The molecule has 0 heterocycles. The van der Waals surface area contributed by atoms with E-state index in [1.807, 2.05) is 0 Å². The van der Waals surface area contributed by atoms with Gasteiger partial charge in [0, 0.05) is 11.8 Å². The third kappa shape index (κ3) is 4.91. The highest BCUT2D eigenvalue weighted by Crippen LogP contribution is 2.30. The van der Waals surface area contributed by atoms with Gasteiger partial charge in [-0.1, -0.05) is 25.1 Å². The van der Waals surface area contributed by atoms with Gasteiger partial charge in [-0.25, -0.2) is 8.42 Å². The zero-order chi connectivity index (χ0) is 20.0. The largest absolute Gasteiger partial charge is 0.493 e. The number of ether oxygens (including phenoxy) is 2. The van der Waals surface area contributed by atoms with Crippen LogP contribution in [0.1, 0.15) is 13.3 Å². The van der Waals surface area contributed by atoms with Crippen molar-refractivity contribution >= 4 is 27.3 Å². The molecule has 0 spiro atoms. The summed E-state index contributed by atoms with van der Waals surface area (Å²) in [5.41, 5.74) is 0.923. The Morgan fingerprint density at radius 2 is 1.70 bits per heavy atom. The van der Waals surface area contributed by atoms with Crippen LogP contribution < -0.4 is 19.1 Å². The first-order valence-corrected chi connectivity index (χ1v) is 10.2. The molecule has 0 aliphatic carbocycles. The van der Waals surface area contributed by atoms with Crippen molar-refractivity contribution in [1.29, 1.82) is 0 Å². The van der Waals surface area contributed by atoms with E-state index in [0.717, 1.165) is 10.6 Å². The van der Waals surface area contributed by atoms with Crippen LogP contribution in [0.2, 0.25) is 0 Å². The molecule has 1 atom stereocenters. The summed E-state index contributed by atoms with van der Waals surface area (Å²) < 4.78 is 36.3. The van der Waals surface area contributed by atoms with Gasteiger partial charge in [0.1, 0.15) is 6.04 Å². The number of rotatable bonds is 8. The number of hydrogen-bond acceptors (Lipinski definition) is 5. The summed E-state index contributed by atoms with van der Waals surface area (Å²) in [6.07, 6.45) is 1.40. The maximum atomic E-state index is 12.9. The first kappa shape index (κ1) is 20.6. The molecule has 27 heavy (non-hydrogen) atoms. The van der Waals surface area contributed by atoms with Gasteiger partial charge >= 0.3 is 0 Å². The minimum absolute atomic E-state index is 0.307. The number of amides is 1. The zero-order valence-corrected chi connectivity index (χ0v) is 16.6. The number of sulfonamides is 1. The Balaban J connectivity index is 2.33. The highest BCUT2D eigenvalue weighted by Gasteiger charge is 2.31. The molecule has 7 nitrogen and oxygen atoms in total. The van der Waals surface area contributed by atoms with Gasteiger partial charge in [0.2, 0.25) is 15.9 Å². The maximum Gasteiger partial charge on any atom is 0.248 e. The van der Waals surface area contributed by atoms with E-state index in [0.29, 0.717) is 29.3 Å². The number of methoxy groups -OCH3 is 2. The Kier molecular flexibility index (Phi) is 6.68. The van der Waals surface area contributed by atoms with Crippen molar-refractivity contribution in [3.63, 3.8) is 0 Å². The van der Waals surface area contributed by atoms with Gasteiger partial charge in [-0.15, -0.1) is 0 Å². The molecule has 0 bridgehead atoms. The van der Waals surface area contributed by atoms with Gasteiger partial charge in [-0.05, 0) is 30.7 Å². The second-order valence-electron chi connectivity index (χ2n) is 5.88. The lowest BCUT2D eigenvalue weighted by molar-refractivity contribution is -0.117. The van der Waals surface area contributed by atoms with E-state index in [2.05, 4.69) is 5.32 Å². The number of carbonyl (C=O) groups excluding carboxylic acids is 1. The summed E-state index contributed by atoms with van der Waals surface area (Å²) >= 11 is 0. The van der Waals surface area contributed by atoms with Crippen LogP contribution in [0.15, 0.2) is 48.5 Å². The van der Waals surface area contributed by atoms with Crippen LogP contribution in [0.4, 0.5) is 11.4 Å². The number of carbonyl (C=O) groups is 1. The summed E-state index contributed by atoms with van der Waals surface area (Å²) in [6.45, 7) is 1.76. The Morgan fingerprint density at radius 1 is 1.07 bits per heavy atom. The van der Waals surface area contributed by atoms with Crippen LogP contribution in [0, 0.1) is 0 Å². The van der Waals surface area contributed by atoms with Crippen molar-refractivity contribution in [2.45, 2.75) is 19.4 Å². The average molecular weight is 392 g/mol. The highest BCUT2D eigenvalue weighted by atomic mass is 32.2. The fraction of sp³-hybridized carbons (Fsp3) is 0.316. The fourth-order valence-corrected chi connectivity index (χ4v) is 3.99. The quantitative estimate of drug-likeness (QED) is 0.747. The van der Waals surface area contributed by atoms with Crippen molar-refractivity contribution in [1.82, 2.24) is 0 Å². The average Bonchev–Trinajstić information content (AvgIpc) is 2.65. The van der Waals surface area contributed by atoms with E-state index in [4.69, 9.17) is 9.47 Å². The second kappa shape index (κ2) is 8.77. The predicted molar refractivity (Wildman–Crippen MR) is 106 cm³/mol. The van der Waals surface area contributed by atoms with Gasteiger partial charge in [0.15, 0.2) is 11.5 Å². The minimum Gasteiger partial charge on any atom is -0.493 e. The molecule has 1 N–H and O–H groups in total. The van der Waals surface area contributed by atoms with E-state index < -0.39 is 22.0 Å². The molecule has 2 aromatic carbocycles. The Labute approximate surface area is 160 Å². The van der Waals surface area contributed by atoms with E-state index in [1.54, 1.807) is 55.5 Å². The number of nitrogens with zero attached hydrogens (tertiary/aromatic N) is 1. The monoisotopic (exact) mass is 392 g/mol.